The van der Waals surface area contributed by atoms with E-state index in [-0.39, 0.29) is 34.8 Å². The molecule has 4 rings (SSSR count). The normalized spacial score (nSPS) is 38.4. The van der Waals surface area contributed by atoms with Crippen LogP contribution in [0.5, 0.6) is 0 Å². The van der Waals surface area contributed by atoms with E-state index in [0.29, 0.717) is 24.7 Å². The Kier molecular flexibility index (Phi) is 7.38. The highest BCUT2D eigenvalue weighted by Gasteiger charge is 2.60. The zero-order chi connectivity index (χ0) is 25.6. The van der Waals surface area contributed by atoms with Crippen molar-refractivity contribution in [1.82, 2.24) is 5.09 Å². The number of cyclic esters (lactones) is 1. The first kappa shape index (κ1) is 26.5. The molecule has 1 N–H and O–H groups in total. The summed E-state index contributed by atoms with van der Waals surface area (Å²) in [6, 6.07) is -0.511. The van der Waals surface area contributed by atoms with E-state index in [1.807, 2.05) is 32.9 Å². The van der Waals surface area contributed by atoms with Crippen LogP contribution < -0.4 is 5.09 Å². The predicted molar refractivity (Wildman–Crippen MR) is 135 cm³/mol. The van der Waals surface area contributed by atoms with E-state index in [2.05, 4.69) is 31.6 Å². The standard InChI is InChI=1S/C27H40NO6P/c1-17-8-11-21-26(6,20(17)10-9-19-13-15-31-24(19)30)14-12-22-27(21,7)16-32-35(34-22)28-18(2)23(29)33-25(3,4)5/h9-10,13,18,20-22,28H,1,8,11-12,14-16H2,2-7H3/b10-9+/t18?,20?,21?,22-,26-,27+,35?/m1/s1. The number of nitrogens with one attached hydrogen (secondary N) is 1. The van der Waals surface area contributed by atoms with Gasteiger partial charge in [-0.05, 0) is 70.8 Å². The van der Waals surface area contributed by atoms with E-state index in [9.17, 15) is 9.59 Å². The fraction of sp³-hybridized carbons (Fsp3) is 0.704. The third-order valence-electron chi connectivity index (χ3n) is 8.17. The van der Waals surface area contributed by atoms with Crippen molar-refractivity contribution in [2.24, 2.45) is 22.7 Å². The van der Waals surface area contributed by atoms with Crippen LogP contribution in [0.2, 0.25) is 0 Å². The van der Waals surface area contributed by atoms with Gasteiger partial charge in [0.1, 0.15) is 18.2 Å². The summed E-state index contributed by atoms with van der Waals surface area (Å²) in [5.74, 6) is 0.00921. The zero-order valence-electron chi connectivity index (χ0n) is 21.9. The van der Waals surface area contributed by atoms with Crippen LogP contribution in [0.3, 0.4) is 0 Å². The first-order valence-electron chi connectivity index (χ1n) is 12.7. The fourth-order valence-corrected chi connectivity index (χ4v) is 7.94. The lowest BCUT2D eigenvalue weighted by molar-refractivity contribution is -0.159. The summed E-state index contributed by atoms with van der Waals surface area (Å²) in [5.41, 5.74) is 1.18. The number of carbonyl (C=O) groups excluding carboxylic acids is 2. The molecule has 0 aromatic rings. The summed E-state index contributed by atoms with van der Waals surface area (Å²) in [4.78, 5) is 24.3. The summed E-state index contributed by atoms with van der Waals surface area (Å²) in [7, 11) is -1.38. The molecule has 0 radical (unpaired) electrons. The molecular formula is C27H40NO6P. The third kappa shape index (κ3) is 5.29. The lowest BCUT2D eigenvalue weighted by Gasteiger charge is -2.62. The van der Waals surface area contributed by atoms with Crippen molar-refractivity contribution in [1.29, 1.82) is 0 Å². The molecule has 2 aliphatic carbocycles. The van der Waals surface area contributed by atoms with Crippen LogP contribution in [0.4, 0.5) is 0 Å². The van der Waals surface area contributed by atoms with Gasteiger partial charge in [0.05, 0.1) is 18.3 Å². The summed E-state index contributed by atoms with van der Waals surface area (Å²) in [6.45, 7) is 17.4. The van der Waals surface area contributed by atoms with Crippen molar-refractivity contribution >= 4 is 20.5 Å². The van der Waals surface area contributed by atoms with Crippen molar-refractivity contribution < 1.29 is 28.1 Å². The first-order valence-corrected chi connectivity index (χ1v) is 13.8. The minimum Gasteiger partial charge on any atom is -0.459 e. The molecule has 0 aromatic carbocycles. The molecule has 0 aromatic heterocycles. The van der Waals surface area contributed by atoms with Gasteiger partial charge in [-0.2, -0.15) is 0 Å². The molecular weight excluding hydrogens is 465 g/mol. The second-order valence-corrected chi connectivity index (χ2v) is 13.1. The van der Waals surface area contributed by atoms with Crippen LogP contribution in [0.25, 0.3) is 0 Å². The zero-order valence-corrected chi connectivity index (χ0v) is 22.8. The van der Waals surface area contributed by atoms with E-state index in [4.69, 9.17) is 18.5 Å². The summed E-state index contributed by atoms with van der Waals surface area (Å²) in [6.07, 6.45) is 9.88. The third-order valence-corrected chi connectivity index (χ3v) is 9.58. The van der Waals surface area contributed by atoms with Crippen molar-refractivity contribution in [2.75, 3.05) is 13.2 Å². The predicted octanol–water partition coefficient (Wildman–Crippen LogP) is 5.38. The van der Waals surface area contributed by atoms with Crippen LogP contribution in [0.1, 0.15) is 67.2 Å². The number of hydrogen-bond donors (Lipinski definition) is 1. The van der Waals surface area contributed by atoms with Gasteiger partial charge in [0.25, 0.3) is 8.53 Å². The van der Waals surface area contributed by atoms with Crippen LogP contribution >= 0.6 is 8.53 Å². The van der Waals surface area contributed by atoms with E-state index in [1.165, 1.54) is 5.57 Å². The molecule has 2 saturated carbocycles. The average molecular weight is 506 g/mol. The Morgan fingerprint density at radius 3 is 2.71 bits per heavy atom. The maximum Gasteiger partial charge on any atom is 0.338 e. The Morgan fingerprint density at radius 2 is 2.06 bits per heavy atom. The summed E-state index contributed by atoms with van der Waals surface area (Å²) in [5, 5.41) is 3.22. The minimum atomic E-state index is -1.38. The van der Waals surface area contributed by atoms with E-state index in [0.717, 1.165) is 25.7 Å². The summed E-state index contributed by atoms with van der Waals surface area (Å²) >= 11 is 0. The molecule has 4 unspecified atom stereocenters. The molecule has 0 amide bonds. The lowest BCUT2D eigenvalue weighted by Crippen LogP contribution is -2.59. The van der Waals surface area contributed by atoms with Gasteiger partial charge in [-0.25, -0.2) is 9.88 Å². The van der Waals surface area contributed by atoms with Crippen LogP contribution in [-0.4, -0.2) is 42.9 Å². The molecule has 1 saturated heterocycles. The molecule has 35 heavy (non-hydrogen) atoms. The second kappa shape index (κ2) is 9.74. The minimum absolute atomic E-state index is 0.00417. The molecule has 3 fully saturated rings. The Bertz CT molecular complexity index is 938. The average Bonchev–Trinajstić information content (AvgIpc) is 3.17. The number of allylic oxidation sites excluding steroid dienone is 2. The molecule has 2 aliphatic heterocycles. The van der Waals surface area contributed by atoms with E-state index in [1.54, 1.807) is 6.92 Å². The first-order chi connectivity index (χ1) is 16.3. The van der Waals surface area contributed by atoms with Crippen molar-refractivity contribution in [3.63, 3.8) is 0 Å². The second-order valence-electron chi connectivity index (χ2n) is 11.9. The molecule has 2 heterocycles. The molecule has 194 valence electrons. The monoisotopic (exact) mass is 505 g/mol. The van der Waals surface area contributed by atoms with Gasteiger partial charge in [0.2, 0.25) is 0 Å². The Labute approximate surface area is 210 Å². The summed E-state index contributed by atoms with van der Waals surface area (Å²) < 4.78 is 23.2. The number of hydrogen-bond acceptors (Lipinski definition) is 7. The number of esters is 2. The topological polar surface area (TPSA) is 83.1 Å². The maximum absolute atomic E-state index is 12.4. The number of ether oxygens (including phenoxy) is 2. The van der Waals surface area contributed by atoms with Gasteiger partial charge < -0.3 is 18.5 Å². The van der Waals surface area contributed by atoms with Crippen molar-refractivity contribution in [2.45, 2.75) is 85.0 Å². The highest BCUT2D eigenvalue weighted by atomic mass is 31.2. The number of fused-ring (bicyclic) bond motifs is 3. The fourth-order valence-electron chi connectivity index (χ4n) is 6.35. The van der Waals surface area contributed by atoms with Gasteiger partial charge in [0.15, 0.2) is 0 Å². The maximum atomic E-state index is 12.4. The van der Waals surface area contributed by atoms with Gasteiger partial charge in [-0.1, -0.05) is 38.2 Å². The van der Waals surface area contributed by atoms with Crippen LogP contribution in [0.15, 0.2) is 36.0 Å². The lowest BCUT2D eigenvalue weighted by atomic mass is 9.46. The van der Waals surface area contributed by atoms with Gasteiger partial charge in [-0.3, -0.25) is 4.79 Å². The van der Waals surface area contributed by atoms with Crippen LogP contribution in [0, 0.1) is 22.7 Å². The smallest absolute Gasteiger partial charge is 0.338 e. The number of carbonyl (C=O) groups is 2. The highest BCUT2D eigenvalue weighted by Crippen LogP contribution is 2.65. The Hall–Kier alpha value is -1.53. The molecule has 0 spiro atoms. The molecule has 8 heteroatoms. The SMILES string of the molecule is C=C1CCC2[C@](C)(CC[C@H]3OP(NC(C)C(=O)OC(C)(C)C)OC[C@@]23C)C1/C=C/C1=CCOC1=O. The molecule has 0 bridgehead atoms. The molecule has 7 nitrogen and oxygen atoms in total. The van der Waals surface area contributed by atoms with Gasteiger partial charge >= 0.3 is 11.9 Å². The van der Waals surface area contributed by atoms with E-state index >= 15 is 0 Å². The van der Waals surface area contributed by atoms with Crippen molar-refractivity contribution in [3.05, 3.63) is 36.0 Å². The Balaban J connectivity index is 1.46. The highest BCUT2D eigenvalue weighted by molar-refractivity contribution is 7.45. The molecule has 4 aliphatic rings. The largest absolute Gasteiger partial charge is 0.459 e. The Morgan fingerprint density at radius 1 is 1.31 bits per heavy atom. The van der Waals surface area contributed by atoms with Crippen molar-refractivity contribution in [3.8, 4) is 0 Å². The quantitative estimate of drug-likeness (QED) is 0.305. The molecule has 7 atom stereocenters. The van der Waals surface area contributed by atoms with Gasteiger partial charge in [-0.15, -0.1) is 0 Å². The van der Waals surface area contributed by atoms with Crippen LogP contribution in [-0.2, 0) is 28.1 Å². The number of rotatable bonds is 5. The van der Waals surface area contributed by atoms with E-state index < -0.39 is 20.2 Å². The van der Waals surface area contributed by atoms with Gasteiger partial charge in [0, 0.05) is 11.3 Å².